The lowest BCUT2D eigenvalue weighted by atomic mass is 9.93. The number of hydrogen-bond acceptors (Lipinski definition) is 10. The number of aliphatic hydroxyl groups is 1. The second-order valence-corrected chi connectivity index (χ2v) is 26.2. The fraction of sp³-hybridized carbons (Fsp3) is 0.435. The molecule has 2 saturated heterocycles. The Balaban J connectivity index is 0.000000220. The summed E-state index contributed by atoms with van der Waals surface area (Å²) < 4.78 is 17.8. The molecule has 0 radical (unpaired) electrons. The molecule has 2 aliphatic heterocycles. The molecule has 7 rings (SSSR count). The number of nitrogens with one attached hydrogen (secondary N) is 3. The Labute approximate surface area is 452 Å². The largest absolute Gasteiger partial charge is 0.460 e. The van der Waals surface area contributed by atoms with E-state index in [2.05, 4.69) is 140 Å². The predicted octanol–water partition coefficient (Wildman–Crippen LogP) is 9.04. The monoisotopic (exact) mass is 1050 g/mol. The van der Waals surface area contributed by atoms with Crippen molar-refractivity contribution in [3.05, 3.63) is 168 Å². The van der Waals surface area contributed by atoms with Crippen molar-refractivity contribution in [2.75, 3.05) is 13.2 Å². The topological polar surface area (TPSA) is 173 Å². The number of carbonyl (C=O) groups excluding carboxylic acids is 5. The molecule has 0 bridgehead atoms. The lowest BCUT2D eigenvalue weighted by molar-refractivity contribution is -0.154. The molecule has 408 valence electrons. The average Bonchev–Trinajstić information content (AvgIpc) is 3.40. The van der Waals surface area contributed by atoms with Crippen LogP contribution in [-0.2, 0) is 52.8 Å². The van der Waals surface area contributed by atoms with Crippen LogP contribution in [0, 0.1) is 11.8 Å². The number of rotatable bonds is 19. The van der Waals surface area contributed by atoms with Gasteiger partial charge in [0, 0.05) is 32.5 Å². The maximum absolute atomic E-state index is 13.4. The summed E-state index contributed by atoms with van der Waals surface area (Å²) in [5.41, 5.74) is 2.69. The van der Waals surface area contributed by atoms with Gasteiger partial charge >= 0.3 is 12.1 Å². The minimum absolute atomic E-state index is 0.0397. The zero-order chi connectivity index (χ0) is 55.1. The molecule has 5 aromatic carbocycles. The summed E-state index contributed by atoms with van der Waals surface area (Å²) in [5, 5.41) is 20.1. The van der Waals surface area contributed by atoms with E-state index in [1.807, 2.05) is 66.7 Å². The van der Waals surface area contributed by atoms with Gasteiger partial charge in [0.25, 0.3) is 8.32 Å². The highest BCUT2D eigenvalue weighted by molar-refractivity contribution is 6.99. The van der Waals surface area contributed by atoms with E-state index in [4.69, 9.17) is 13.9 Å². The van der Waals surface area contributed by atoms with Gasteiger partial charge in [0.1, 0.15) is 30.6 Å². The third-order valence-corrected chi connectivity index (χ3v) is 18.7. The molecule has 2 aliphatic rings. The van der Waals surface area contributed by atoms with Crippen molar-refractivity contribution in [2.24, 2.45) is 11.8 Å². The number of nitrogens with zero attached hydrogens (tertiary/aromatic N) is 1. The first-order valence-corrected chi connectivity index (χ1v) is 28.7. The molecule has 4 N–H and O–H groups in total. The number of alkyl carbamates (subject to hydrolysis) is 1. The van der Waals surface area contributed by atoms with E-state index in [-0.39, 0.29) is 48.0 Å². The first-order valence-electron chi connectivity index (χ1n) is 26.7. The van der Waals surface area contributed by atoms with Crippen molar-refractivity contribution in [1.29, 1.82) is 0 Å². The zero-order valence-electron chi connectivity index (χ0n) is 45.9. The third-order valence-electron chi connectivity index (χ3n) is 13.7. The Morgan fingerprint density at radius 3 is 1.67 bits per heavy atom. The molecule has 6 atom stereocenters. The molecule has 5 aromatic rings. The highest BCUT2D eigenvalue weighted by Crippen LogP contribution is 2.37. The van der Waals surface area contributed by atoms with Crippen molar-refractivity contribution >= 4 is 48.9 Å². The van der Waals surface area contributed by atoms with Crippen LogP contribution in [0.2, 0.25) is 5.04 Å². The van der Waals surface area contributed by atoms with Crippen LogP contribution in [-0.4, -0.2) is 91.5 Å². The van der Waals surface area contributed by atoms with Crippen molar-refractivity contribution in [1.82, 2.24) is 20.9 Å². The summed E-state index contributed by atoms with van der Waals surface area (Å²) in [6.07, 6.45) is 3.75. The van der Waals surface area contributed by atoms with E-state index < -0.39 is 38.1 Å². The number of aldehydes is 1. The van der Waals surface area contributed by atoms with E-state index >= 15 is 0 Å². The number of piperidine rings is 2. The molecular weight excluding hydrogens is 973 g/mol. The van der Waals surface area contributed by atoms with Gasteiger partial charge in [-0.15, -0.1) is 0 Å². The molecule has 2 heterocycles. The maximum atomic E-state index is 13.4. The molecule has 0 aromatic heterocycles. The quantitative estimate of drug-likeness (QED) is 0.0355. The van der Waals surface area contributed by atoms with Crippen LogP contribution < -0.4 is 26.3 Å². The molecule has 14 heteroatoms. The standard InChI is InChI=1S/C28H33NO3.C23H31NO2Si.C11H18N2O4/c1-23(12-11-19-30)27(28(31)32-22-26-17-9-4-10-18-26)29(20-24-13-5-2-6-14-24)21-25-15-7-3-8-16-25;1-18-15-16-22(25)24-21(18)17-26-27(23(2,3)4,19-11-7-5-8-12-19)20-13-9-6-10-14-20;1-11(2,3)17-10(16)13-7-4-5-9(15)12-8(7)6-14/h2-10,13-18,23,27,30H,11-12,19-22H2,1H3;5-14,18,21H,15-17H2,1-4H3,(H,24,25);6-8H,4-5H2,1-3H3,(H,12,15)(H,13,16)/t23-,27-;18-,21+;7-,8+/m111/s1. The van der Waals surface area contributed by atoms with Gasteiger partial charge in [0.15, 0.2) is 0 Å². The van der Waals surface area contributed by atoms with Crippen molar-refractivity contribution < 1.29 is 43.0 Å². The normalized spacial score (nSPS) is 18.4. The molecule has 0 spiro atoms. The second-order valence-electron chi connectivity index (χ2n) is 21.9. The Morgan fingerprint density at radius 2 is 1.20 bits per heavy atom. The lowest BCUT2D eigenvalue weighted by Gasteiger charge is -2.44. The van der Waals surface area contributed by atoms with Crippen LogP contribution in [0.5, 0.6) is 0 Å². The van der Waals surface area contributed by atoms with E-state index in [0.29, 0.717) is 57.6 Å². The third kappa shape index (κ3) is 18.7. The van der Waals surface area contributed by atoms with Gasteiger partial charge in [-0.3, -0.25) is 19.3 Å². The van der Waals surface area contributed by atoms with Crippen LogP contribution in [0.15, 0.2) is 152 Å². The summed E-state index contributed by atoms with van der Waals surface area (Å²) >= 11 is 0. The van der Waals surface area contributed by atoms with E-state index in [0.717, 1.165) is 29.5 Å². The second kappa shape index (κ2) is 29.7. The Bertz CT molecular complexity index is 2450. The smallest absolute Gasteiger partial charge is 0.407 e. The number of ether oxygens (including phenoxy) is 2. The Hall–Kier alpha value is -6.45. The summed E-state index contributed by atoms with van der Waals surface area (Å²) in [4.78, 5) is 60.9. The molecule has 13 nitrogen and oxygen atoms in total. The molecule has 76 heavy (non-hydrogen) atoms. The highest BCUT2D eigenvalue weighted by atomic mass is 28.4. The van der Waals surface area contributed by atoms with Gasteiger partial charge in [0.2, 0.25) is 11.8 Å². The maximum Gasteiger partial charge on any atom is 0.407 e. The predicted molar refractivity (Wildman–Crippen MR) is 302 cm³/mol. The van der Waals surface area contributed by atoms with Gasteiger partial charge < -0.3 is 39.8 Å². The van der Waals surface area contributed by atoms with Gasteiger partial charge in [-0.1, -0.05) is 186 Å². The molecule has 0 saturated carbocycles. The highest BCUT2D eigenvalue weighted by Gasteiger charge is 2.50. The minimum atomic E-state index is -2.54. The number of esters is 1. The van der Waals surface area contributed by atoms with Crippen molar-refractivity contribution in [3.8, 4) is 0 Å². The number of amides is 3. The zero-order valence-corrected chi connectivity index (χ0v) is 46.9. The SMILES string of the molecule is CC(C)(C)OC(=O)N[C@@H]1CCC(=O)N[C@H]1C=O.C[C@@H]1CCC(=O)N[C@H]1CO[Si](c1ccccc1)(c1ccccc1)C(C)(C)C.C[C@H](CCCO)[C@H](C(=O)OCc1ccccc1)N(Cc1ccccc1)Cc1ccccc1. The number of carbonyl (C=O) groups is 5. The molecular formula is C62H82N4O9Si. The van der Waals surface area contributed by atoms with E-state index in [9.17, 15) is 29.1 Å². The summed E-state index contributed by atoms with van der Waals surface area (Å²) in [6.45, 7) is 18.6. The fourth-order valence-electron chi connectivity index (χ4n) is 9.75. The van der Waals surface area contributed by atoms with Crippen molar-refractivity contribution in [3.63, 3.8) is 0 Å². The van der Waals surface area contributed by atoms with Crippen LogP contribution in [0.4, 0.5) is 4.79 Å². The lowest BCUT2D eigenvalue weighted by Crippen LogP contribution is -2.67. The first kappa shape index (κ1) is 60.4. The van der Waals surface area contributed by atoms with Gasteiger partial charge in [0.05, 0.1) is 18.7 Å². The number of benzene rings is 5. The molecule has 3 amide bonds. The minimum Gasteiger partial charge on any atom is -0.460 e. The van der Waals surface area contributed by atoms with Gasteiger partial charge in [-0.25, -0.2) is 4.79 Å². The molecule has 0 unspecified atom stereocenters. The Morgan fingerprint density at radius 1 is 0.724 bits per heavy atom. The van der Waals surface area contributed by atoms with E-state index in [1.165, 1.54) is 10.4 Å². The van der Waals surface area contributed by atoms with Crippen LogP contribution in [0.1, 0.15) is 111 Å². The van der Waals surface area contributed by atoms with Crippen LogP contribution in [0.25, 0.3) is 0 Å². The van der Waals surface area contributed by atoms with Gasteiger partial charge in [-0.05, 0) is 90.4 Å². The Kier molecular flexibility index (Phi) is 23.6. The van der Waals surface area contributed by atoms with E-state index in [1.54, 1.807) is 20.8 Å². The number of aliphatic hydroxyl groups excluding tert-OH is 1. The van der Waals surface area contributed by atoms with Gasteiger partial charge in [-0.2, -0.15) is 0 Å². The average molecular weight is 1060 g/mol. The first-order chi connectivity index (χ1) is 36.3. The van der Waals surface area contributed by atoms with Crippen LogP contribution in [0.3, 0.4) is 0 Å². The van der Waals surface area contributed by atoms with Crippen LogP contribution >= 0.6 is 0 Å². The summed E-state index contributed by atoms with van der Waals surface area (Å²) in [6, 6.07) is 50.1. The van der Waals surface area contributed by atoms with Crippen molar-refractivity contribution in [2.45, 2.75) is 148 Å². The number of hydrogen-bond donors (Lipinski definition) is 4. The summed E-state index contributed by atoms with van der Waals surface area (Å²) in [5.74, 6) is 0.221. The molecule has 2 fully saturated rings. The summed E-state index contributed by atoms with van der Waals surface area (Å²) in [7, 11) is -2.54. The fourth-order valence-corrected chi connectivity index (χ4v) is 14.3. The molecule has 0 aliphatic carbocycles.